The van der Waals surface area contributed by atoms with Gasteiger partial charge in [0.15, 0.2) is 5.16 Å². The minimum Gasteiger partial charge on any atom is -0.322 e. The van der Waals surface area contributed by atoms with Gasteiger partial charge in [0.1, 0.15) is 0 Å². The number of carbonyl (C=O) groups is 3. The van der Waals surface area contributed by atoms with Crippen LogP contribution >= 0.6 is 11.8 Å². The Bertz CT molecular complexity index is 1120. The molecule has 3 aromatic rings. The van der Waals surface area contributed by atoms with Crippen LogP contribution in [0, 0.1) is 13.8 Å². The molecule has 0 bridgehead atoms. The third-order valence-corrected chi connectivity index (χ3v) is 5.60. The summed E-state index contributed by atoms with van der Waals surface area (Å²) in [6.45, 7) is 3.87. The van der Waals surface area contributed by atoms with Crippen molar-refractivity contribution in [1.29, 1.82) is 0 Å². The number of anilines is 2. The first-order chi connectivity index (χ1) is 14.9. The highest BCUT2D eigenvalue weighted by Gasteiger charge is 2.30. The normalized spacial score (nSPS) is 13.5. The highest BCUT2D eigenvalue weighted by atomic mass is 32.2. The van der Waals surface area contributed by atoms with Gasteiger partial charge in [-0.05, 0) is 80.2 Å². The van der Waals surface area contributed by atoms with E-state index in [4.69, 9.17) is 0 Å². The van der Waals surface area contributed by atoms with Crippen LogP contribution in [0.2, 0.25) is 0 Å². The van der Waals surface area contributed by atoms with Gasteiger partial charge in [-0.3, -0.25) is 19.3 Å². The van der Waals surface area contributed by atoms with E-state index in [1.54, 1.807) is 24.3 Å². The zero-order chi connectivity index (χ0) is 22.0. The Morgan fingerprint density at radius 2 is 1.48 bits per heavy atom. The van der Waals surface area contributed by atoms with Gasteiger partial charge in [0, 0.05) is 40.4 Å². The summed E-state index contributed by atoms with van der Waals surface area (Å²) >= 11 is 1.46. The van der Waals surface area contributed by atoms with Gasteiger partial charge in [0.25, 0.3) is 5.91 Å². The Morgan fingerprint density at radius 1 is 0.903 bits per heavy atom. The molecular weight excluding hydrogens is 412 g/mol. The van der Waals surface area contributed by atoms with Crippen LogP contribution in [0.3, 0.4) is 0 Å². The molecule has 1 saturated heterocycles. The number of amides is 3. The summed E-state index contributed by atoms with van der Waals surface area (Å²) in [5, 5.41) is 3.53. The molecule has 0 saturated carbocycles. The van der Waals surface area contributed by atoms with Crippen molar-refractivity contribution in [1.82, 2.24) is 9.97 Å². The number of nitrogens with one attached hydrogen (secondary N) is 1. The molecule has 1 N–H and O–H groups in total. The predicted octanol–water partition coefficient (Wildman–Crippen LogP) is 4.15. The van der Waals surface area contributed by atoms with E-state index in [1.807, 2.05) is 44.2 Å². The maximum Gasteiger partial charge on any atom is 0.255 e. The Hall–Kier alpha value is -3.52. The molecule has 1 aliphatic heterocycles. The minimum atomic E-state index is -0.274. The maximum absolute atomic E-state index is 12.5. The Labute approximate surface area is 183 Å². The number of rotatable bonds is 5. The monoisotopic (exact) mass is 432 g/mol. The molecule has 0 aliphatic carbocycles. The van der Waals surface area contributed by atoms with E-state index < -0.39 is 0 Å². The van der Waals surface area contributed by atoms with Crippen molar-refractivity contribution < 1.29 is 14.4 Å². The van der Waals surface area contributed by atoms with Gasteiger partial charge in [-0.2, -0.15) is 0 Å². The number of hydrogen-bond donors (Lipinski definition) is 1. The molecule has 1 aromatic heterocycles. The maximum atomic E-state index is 12.5. The topological polar surface area (TPSA) is 92.3 Å². The molecule has 3 amide bonds. The van der Waals surface area contributed by atoms with Gasteiger partial charge in [-0.1, -0.05) is 0 Å². The summed E-state index contributed by atoms with van der Waals surface area (Å²) < 4.78 is 0. The molecule has 2 heterocycles. The lowest BCUT2D eigenvalue weighted by molar-refractivity contribution is -0.121. The van der Waals surface area contributed by atoms with Gasteiger partial charge in [0.2, 0.25) is 11.8 Å². The van der Waals surface area contributed by atoms with E-state index >= 15 is 0 Å². The summed E-state index contributed by atoms with van der Waals surface area (Å²) in [5.74, 6) is -0.707. The lowest BCUT2D eigenvalue weighted by atomic mass is 10.1. The van der Waals surface area contributed by atoms with E-state index in [2.05, 4.69) is 15.3 Å². The number of aryl methyl sites for hydroxylation is 2. The lowest BCUT2D eigenvalue weighted by Crippen LogP contribution is -2.28. The van der Waals surface area contributed by atoms with Crippen LogP contribution < -0.4 is 10.2 Å². The van der Waals surface area contributed by atoms with E-state index in [0.29, 0.717) is 22.1 Å². The van der Waals surface area contributed by atoms with Crippen molar-refractivity contribution in [3.8, 4) is 0 Å². The quantitative estimate of drug-likeness (QED) is 0.481. The average molecular weight is 433 g/mol. The molecule has 156 valence electrons. The highest BCUT2D eigenvalue weighted by molar-refractivity contribution is 7.99. The predicted molar refractivity (Wildman–Crippen MR) is 118 cm³/mol. The fourth-order valence-electron chi connectivity index (χ4n) is 3.28. The van der Waals surface area contributed by atoms with Crippen molar-refractivity contribution in [2.24, 2.45) is 0 Å². The Morgan fingerprint density at radius 3 is 2.06 bits per heavy atom. The van der Waals surface area contributed by atoms with Crippen LogP contribution in [0.15, 0.2) is 64.6 Å². The van der Waals surface area contributed by atoms with Crippen LogP contribution in [-0.4, -0.2) is 27.7 Å². The molecule has 4 rings (SSSR count). The molecule has 0 spiro atoms. The molecule has 7 nitrogen and oxygen atoms in total. The summed E-state index contributed by atoms with van der Waals surface area (Å²) in [4.78, 5) is 47.2. The fourth-order valence-corrected chi connectivity index (χ4v) is 4.14. The SMILES string of the molecule is Cc1cc(C)nc(Sc2ccc(NC(=O)c3ccc(N4C(=O)CCC4=O)cc3)cc2)n1. The second kappa shape index (κ2) is 8.69. The van der Waals surface area contributed by atoms with Crippen molar-refractivity contribution >= 4 is 40.9 Å². The fraction of sp³-hybridized carbons (Fsp3) is 0.174. The van der Waals surface area contributed by atoms with Crippen molar-refractivity contribution in [2.75, 3.05) is 10.2 Å². The second-order valence-corrected chi connectivity index (χ2v) is 8.22. The summed E-state index contributed by atoms with van der Waals surface area (Å²) in [6, 6.07) is 15.8. The first kappa shape index (κ1) is 20.7. The lowest BCUT2D eigenvalue weighted by Gasteiger charge is -2.14. The van der Waals surface area contributed by atoms with Crippen LogP contribution in [0.4, 0.5) is 11.4 Å². The van der Waals surface area contributed by atoms with Gasteiger partial charge in [-0.25, -0.2) is 9.97 Å². The molecular formula is C23H20N4O3S. The van der Waals surface area contributed by atoms with Crippen LogP contribution in [0.25, 0.3) is 0 Å². The first-order valence-corrected chi connectivity index (χ1v) is 10.6. The van der Waals surface area contributed by atoms with Crippen LogP contribution in [-0.2, 0) is 9.59 Å². The molecule has 0 unspecified atom stereocenters. The van der Waals surface area contributed by atoms with E-state index in [-0.39, 0.29) is 30.6 Å². The van der Waals surface area contributed by atoms with Crippen LogP contribution in [0.5, 0.6) is 0 Å². The van der Waals surface area contributed by atoms with E-state index in [0.717, 1.165) is 21.2 Å². The molecule has 31 heavy (non-hydrogen) atoms. The van der Waals surface area contributed by atoms with Gasteiger partial charge in [0.05, 0.1) is 5.69 Å². The molecule has 0 atom stereocenters. The highest BCUT2D eigenvalue weighted by Crippen LogP contribution is 2.27. The summed E-state index contributed by atoms with van der Waals surface area (Å²) in [5.41, 5.74) is 3.42. The number of benzene rings is 2. The Kier molecular flexibility index (Phi) is 5.81. The third-order valence-electron chi connectivity index (χ3n) is 4.72. The summed E-state index contributed by atoms with van der Waals surface area (Å²) in [7, 11) is 0. The van der Waals surface area contributed by atoms with Crippen LogP contribution in [0.1, 0.15) is 34.6 Å². The number of hydrogen-bond acceptors (Lipinski definition) is 6. The van der Waals surface area contributed by atoms with Crippen molar-refractivity contribution in [2.45, 2.75) is 36.7 Å². The number of imide groups is 1. The standard InChI is InChI=1S/C23H20N4O3S/c1-14-13-15(2)25-23(24-14)31-19-9-5-17(6-10-19)26-22(30)16-3-7-18(8-4-16)27-20(28)11-12-21(27)29/h3-10,13H,11-12H2,1-2H3,(H,26,30). The second-order valence-electron chi connectivity index (χ2n) is 7.18. The number of nitrogens with zero attached hydrogens (tertiary/aromatic N) is 3. The smallest absolute Gasteiger partial charge is 0.255 e. The largest absolute Gasteiger partial charge is 0.322 e. The average Bonchev–Trinajstić information content (AvgIpc) is 3.07. The number of carbonyl (C=O) groups excluding carboxylic acids is 3. The third kappa shape index (κ3) is 4.80. The van der Waals surface area contributed by atoms with Crippen molar-refractivity contribution in [3.63, 3.8) is 0 Å². The van der Waals surface area contributed by atoms with Gasteiger partial charge >= 0.3 is 0 Å². The zero-order valence-corrected chi connectivity index (χ0v) is 17.9. The molecule has 2 aromatic carbocycles. The van der Waals surface area contributed by atoms with Gasteiger partial charge in [-0.15, -0.1) is 0 Å². The Balaban J connectivity index is 1.40. The number of aromatic nitrogens is 2. The minimum absolute atomic E-state index is 0.216. The first-order valence-electron chi connectivity index (χ1n) is 9.76. The van der Waals surface area contributed by atoms with E-state index in [9.17, 15) is 14.4 Å². The summed E-state index contributed by atoms with van der Waals surface area (Å²) in [6.07, 6.45) is 0.454. The van der Waals surface area contributed by atoms with E-state index in [1.165, 1.54) is 11.8 Å². The van der Waals surface area contributed by atoms with Gasteiger partial charge < -0.3 is 5.32 Å². The molecule has 1 fully saturated rings. The van der Waals surface area contributed by atoms with Crippen molar-refractivity contribution in [3.05, 3.63) is 71.5 Å². The molecule has 1 aliphatic rings. The molecule has 8 heteroatoms. The zero-order valence-electron chi connectivity index (χ0n) is 17.1. The molecule has 0 radical (unpaired) electrons.